The predicted molar refractivity (Wildman–Crippen MR) is 71.2 cm³/mol. The molecule has 2 heterocycles. The van der Waals surface area contributed by atoms with E-state index in [1.807, 2.05) is 12.1 Å². The van der Waals surface area contributed by atoms with Gasteiger partial charge in [-0.15, -0.1) is 10.2 Å². The highest BCUT2D eigenvalue weighted by molar-refractivity contribution is 6.19. The molecule has 0 atom stereocenters. The minimum absolute atomic E-state index is 0.149. The first kappa shape index (κ1) is 10.8. The fraction of sp³-hybridized carbons (Fsp3) is 0. The lowest BCUT2D eigenvalue weighted by Crippen LogP contribution is -2.03. The predicted octanol–water partition coefficient (Wildman–Crippen LogP) is 1.46. The second kappa shape index (κ2) is 3.95. The van der Waals surface area contributed by atoms with Crippen molar-refractivity contribution in [2.75, 3.05) is 0 Å². The lowest BCUT2D eigenvalue weighted by Gasteiger charge is -2.02. The third-order valence-electron chi connectivity index (χ3n) is 3.20. The molecule has 0 saturated heterocycles. The highest BCUT2D eigenvalue weighted by Crippen LogP contribution is 2.21. The molecule has 2 aromatic heterocycles. The van der Waals surface area contributed by atoms with Gasteiger partial charge >= 0.3 is 0 Å². The van der Waals surface area contributed by atoms with Crippen LogP contribution in [0.1, 0.15) is 15.9 Å². The van der Waals surface area contributed by atoms with Crippen LogP contribution in [0.25, 0.3) is 22.1 Å². The number of carbonyl (C=O) groups is 1. The first-order valence-corrected chi connectivity index (χ1v) is 5.99. The summed E-state index contributed by atoms with van der Waals surface area (Å²) in [6, 6.07) is 10.7. The molecule has 0 fully saturated rings. The molecule has 0 aliphatic heterocycles. The minimum atomic E-state index is -0.149. The van der Waals surface area contributed by atoms with Gasteiger partial charge in [-0.25, -0.2) is 0 Å². The molecule has 0 bridgehead atoms. The van der Waals surface area contributed by atoms with E-state index in [1.54, 1.807) is 24.3 Å². The highest BCUT2D eigenvalue weighted by Gasteiger charge is 2.18. The van der Waals surface area contributed by atoms with Gasteiger partial charge < -0.3 is 0 Å². The number of ketones is 1. The number of hydrogen-bond acceptors (Lipinski definition) is 5. The van der Waals surface area contributed by atoms with Crippen molar-refractivity contribution < 1.29 is 4.79 Å². The Morgan fingerprint density at radius 3 is 1.80 bits per heavy atom. The van der Waals surface area contributed by atoms with Crippen molar-refractivity contribution in [3.05, 3.63) is 47.5 Å². The van der Waals surface area contributed by atoms with Gasteiger partial charge in [0.1, 0.15) is 11.0 Å². The van der Waals surface area contributed by atoms with E-state index in [2.05, 4.69) is 30.8 Å². The number of aromatic nitrogens is 6. The Morgan fingerprint density at radius 1 is 0.800 bits per heavy atom. The summed E-state index contributed by atoms with van der Waals surface area (Å²) in [5.41, 5.74) is 3.54. The Hall–Kier alpha value is -3.09. The third kappa shape index (κ3) is 1.43. The van der Waals surface area contributed by atoms with E-state index in [9.17, 15) is 4.79 Å². The van der Waals surface area contributed by atoms with Gasteiger partial charge in [0.05, 0.1) is 22.2 Å². The molecule has 7 heteroatoms. The molecule has 4 rings (SSSR count). The lowest BCUT2D eigenvalue weighted by molar-refractivity contribution is 0.104. The van der Waals surface area contributed by atoms with Crippen molar-refractivity contribution in [2.45, 2.75) is 0 Å². The molecule has 20 heavy (non-hydrogen) atoms. The zero-order chi connectivity index (χ0) is 13.5. The molecular formula is C13H8N6O. The Balaban J connectivity index is 1.96. The number of H-pyrrole nitrogens is 2. The van der Waals surface area contributed by atoms with E-state index in [-0.39, 0.29) is 5.78 Å². The van der Waals surface area contributed by atoms with Gasteiger partial charge in [-0.1, -0.05) is 22.6 Å². The zero-order valence-electron chi connectivity index (χ0n) is 10.2. The molecule has 0 aliphatic carbocycles. The molecule has 7 nitrogen and oxygen atoms in total. The van der Waals surface area contributed by atoms with Crippen LogP contribution in [0.3, 0.4) is 0 Å². The van der Waals surface area contributed by atoms with Crippen molar-refractivity contribution in [1.82, 2.24) is 30.8 Å². The zero-order valence-corrected chi connectivity index (χ0v) is 10.2. The van der Waals surface area contributed by atoms with E-state index in [0.717, 1.165) is 11.0 Å². The quantitative estimate of drug-likeness (QED) is 0.534. The van der Waals surface area contributed by atoms with Crippen molar-refractivity contribution in [2.24, 2.45) is 0 Å². The highest BCUT2D eigenvalue weighted by atomic mass is 16.1. The lowest BCUT2D eigenvalue weighted by atomic mass is 10.0. The number of rotatable bonds is 2. The Kier molecular flexibility index (Phi) is 2.13. The largest absolute Gasteiger partial charge is 0.288 e. The van der Waals surface area contributed by atoms with Crippen LogP contribution in [0, 0.1) is 0 Å². The van der Waals surface area contributed by atoms with Gasteiger partial charge in [-0.05, 0) is 24.3 Å². The van der Waals surface area contributed by atoms with E-state index < -0.39 is 0 Å². The molecule has 0 saturated carbocycles. The molecule has 0 spiro atoms. The van der Waals surface area contributed by atoms with E-state index in [0.29, 0.717) is 22.2 Å². The van der Waals surface area contributed by atoms with Crippen LogP contribution < -0.4 is 0 Å². The van der Waals surface area contributed by atoms with Crippen LogP contribution in [0.15, 0.2) is 36.4 Å². The van der Waals surface area contributed by atoms with Crippen LogP contribution >= 0.6 is 0 Å². The Morgan fingerprint density at radius 2 is 1.30 bits per heavy atom. The molecule has 96 valence electrons. The van der Waals surface area contributed by atoms with E-state index in [1.165, 1.54) is 0 Å². The fourth-order valence-electron chi connectivity index (χ4n) is 2.25. The van der Waals surface area contributed by atoms with Gasteiger partial charge in [0, 0.05) is 0 Å². The fourth-order valence-corrected chi connectivity index (χ4v) is 2.25. The molecule has 2 N–H and O–H groups in total. The van der Waals surface area contributed by atoms with Crippen LogP contribution in [-0.2, 0) is 0 Å². The Labute approximate surface area is 112 Å². The summed E-state index contributed by atoms with van der Waals surface area (Å²) >= 11 is 0. The molecule has 4 aromatic rings. The number of hydrogen-bond donors (Lipinski definition) is 2. The van der Waals surface area contributed by atoms with Crippen molar-refractivity contribution >= 4 is 27.9 Å². The molecular weight excluding hydrogens is 256 g/mol. The number of aromatic amines is 2. The van der Waals surface area contributed by atoms with Gasteiger partial charge in [0.15, 0.2) is 5.78 Å². The Bertz CT molecular complexity index is 862. The average Bonchev–Trinajstić information content (AvgIpc) is 3.13. The van der Waals surface area contributed by atoms with Crippen molar-refractivity contribution in [3.8, 4) is 0 Å². The first-order chi connectivity index (χ1) is 9.84. The monoisotopic (exact) mass is 264 g/mol. The maximum atomic E-state index is 12.7. The smallest absolute Gasteiger partial charge is 0.197 e. The summed E-state index contributed by atoms with van der Waals surface area (Å²) in [6.07, 6.45) is 0. The van der Waals surface area contributed by atoms with Crippen LogP contribution in [-0.4, -0.2) is 36.6 Å². The number of benzene rings is 2. The summed E-state index contributed by atoms with van der Waals surface area (Å²) < 4.78 is 0. The van der Waals surface area contributed by atoms with Gasteiger partial charge in [0.2, 0.25) is 0 Å². The van der Waals surface area contributed by atoms with E-state index >= 15 is 0 Å². The number of carbonyl (C=O) groups excluding carboxylic acids is 1. The molecule has 2 aromatic carbocycles. The summed E-state index contributed by atoms with van der Waals surface area (Å²) in [6.45, 7) is 0. The maximum Gasteiger partial charge on any atom is 0.197 e. The van der Waals surface area contributed by atoms with Gasteiger partial charge in [0.25, 0.3) is 0 Å². The van der Waals surface area contributed by atoms with E-state index in [4.69, 9.17) is 0 Å². The van der Waals surface area contributed by atoms with Gasteiger partial charge in [-0.3, -0.25) is 15.0 Å². The SMILES string of the molecule is O=C(c1cccc2[nH]nnc12)c1cccc2[nH]nnc12. The summed E-state index contributed by atoms with van der Waals surface area (Å²) in [7, 11) is 0. The van der Waals surface area contributed by atoms with Crippen molar-refractivity contribution in [3.63, 3.8) is 0 Å². The number of fused-ring (bicyclic) bond motifs is 2. The number of nitrogens with zero attached hydrogens (tertiary/aromatic N) is 4. The maximum absolute atomic E-state index is 12.7. The average molecular weight is 264 g/mol. The third-order valence-corrected chi connectivity index (χ3v) is 3.20. The minimum Gasteiger partial charge on any atom is -0.288 e. The van der Waals surface area contributed by atoms with Crippen LogP contribution in [0.5, 0.6) is 0 Å². The standard InChI is InChI=1S/C13H8N6O/c20-13(7-3-1-5-9-11(7)16-18-14-9)8-4-2-6-10-12(8)17-19-15-10/h1-6H,(H,14,16,18)(H,15,17,19). The molecule has 0 amide bonds. The van der Waals surface area contributed by atoms with Crippen molar-refractivity contribution in [1.29, 1.82) is 0 Å². The topological polar surface area (TPSA) is 100 Å². The molecule has 0 aliphatic rings. The first-order valence-electron chi connectivity index (χ1n) is 5.99. The summed E-state index contributed by atoms with van der Waals surface area (Å²) in [5, 5.41) is 20.9. The van der Waals surface area contributed by atoms with Gasteiger partial charge in [-0.2, -0.15) is 0 Å². The normalized spacial score (nSPS) is 11.2. The summed E-state index contributed by atoms with van der Waals surface area (Å²) in [4.78, 5) is 12.7. The molecule has 0 unspecified atom stereocenters. The van der Waals surface area contributed by atoms with Crippen LogP contribution in [0.2, 0.25) is 0 Å². The molecule has 0 radical (unpaired) electrons. The summed E-state index contributed by atoms with van der Waals surface area (Å²) in [5.74, 6) is -0.149. The number of nitrogens with one attached hydrogen (secondary N) is 2. The second-order valence-corrected chi connectivity index (χ2v) is 4.36. The second-order valence-electron chi connectivity index (χ2n) is 4.36. The van der Waals surface area contributed by atoms with Crippen LogP contribution in [0.4, 0.5) is 0 Å².